The third kappa shape index (κ3) is 3.04. The highest BCUT2D eigenvalue weighted by Gasteiger charge is 2.17. The van der Waals surface area contributed by atoms with Gasteiger partial charge in [0.15, 0.2) is 0 Å². The summed E-state index contributed by atoms with van der Waals surface area (Å²) in [4.78, 5) is 14.1. The number of amides is 1. The van der Waals surface area contributed by atoms with Gasteiger partial charge in [-0.2, -0.15) is 0 Å². The molecule has 0 spiro atoms. The Bertz CT molecular complexity index is 622. The smallest absolute Gasteiger partial charge is 0.270 e. The Morgan fingerprint density at radius 3 is 2.75 bits per heavy atom. The first-order valence-corrected chi connectivity index (χ1v) is 7.20. The molecular weight excluding hydrogens is 320 g/mol. The second-order valence-corrected chi connectivity index (χ2v) is 5.54. The topological polar surface area (TPSA) is 45.5 Å². The summed E-state index contributed by atoms with van der Waals surface area (Å²) in [7, 11) is 1.73. The van der Waals surface area contributed by atoms with Gasteiger partial charge in [-0.25, -0.2) is 0 Å². The zero-order valence-corrected chi connectivity index (χ0v) is 13.1. The molecule has 1 heterocycles. The van der Waals surface area contributed by atoms with Crippen LogP contribution in [0.2, 0.25) is 0 Å². The number of aromatic hydroxyl groups is 1. The number of aryl methyl sites for hydroxylation is 1. The fourth-order valence-electron chi connectivity index (χ4n) is 2.08. The van der Waals surface area contributed by atoms with Gasteiger partial charge in [-0.05, 0) is 35.0 Å². The van der Waals surface area contributed by atoms with Gasteiger partial charge < -0.3 is 14.6 Å². The molecule has 0 fully saturated rings. The Labute approximate surface area is 126 Å². The molecule has 1 N–H and O–H groups in total. The molecule has 0 bridgehead atoms. The Morgan fingerprint density at radius 2 is 2.10 bits per heavy atom. The van der Waals surface area contributed by atoms with Crippen LogP contribution in [0.15, 0.2) is 41.0 Å². The van der Waals surface area contributed by atoms with Crippen LogP contribution in [-0.2, 0) is 13.1 Å². The number of phenolic OH excluding ortho intramolecular Hbond substituents is 1. The molecule has 106 valence electrons. The van der Waals surface area contributed by atoms with E-state index < -0.39 is 0 Å². The molecule has 0 unspecified atom stereocenters. The molecule has 2 aromatic rings. The average Bonchev–Trinajstić information content (AvgIpc) is 2.81. The zero-order chi connectivity index (χ0) is 14.7. The summed E-state index contributed by atoms with van der Waals surface area (Å²) >= 11 is 3.39. The number of phenols is 1. The van der Waals surface area contributed by atoms with Crippen molar-refractivity contribution in [3.05, 3.63) is 52.3 Å². The highest BCUT2D eigenvalue weighted by atomic mass is 79.9. The highest BCUT2D eigenvalue weighted by Crippen LogP contribution is 2.20. The van der Waals surface area contributed by atoms with Crippen LogP contribution in [-0.4, -0.2) is 27.5 Å². The lowest BCUT2D eigenvalue weighted by molar-refractivity contribution is 0.0774. The van der Waals surface area contributed by atoms with Crippen molar-refractivity contribution in [3.63, 3.8) is 0 Å². The minimum absolute atomic E-state index is 0.0687. The van der Waals surface area contributed by atoms with Crippen LogP contribution in [0.4, 0.5) is 0 Å². The van der Waals surface area contributed by atoms with Crippen molar-refractivity contribution in [1.82, 2.24) is 9.47 Å². The minimum Gasteiger partial charge on any atom is -0.508 e. The van der Waals surface area contributed by atoms with E-state index in [4.69, 9.17) is 0 Å². The zero-order valence-electron chi connectivity index (χ0n) is 11.5. The molecule has 0 atom stereocenters. The summed E-state index contributed by atoms with van der Waals surface area (Å²) in [5.41, 5.74) is 1.37. The largest absolute Gasteiger partial charge is 0.508 e. The van der Waals surface area contributed by atoms with Gasteiger partial charge in [0, 0.05) is 36.4 Å². The number of aromatic nitrogens is 1. The molecule has 4 nitrogen and oxygen atoms in total. The van der Waals surface area contributed by atoms with E-state index in [1.54, 1.807) is 24.1 Å². The second kappa shape index (κ2) is 6.13. The van der Waals surface area contributed by atoms with Crippen LogP contribution in [0.1, 0.15) is 23.0 Å². The second-order valence-electron chi connectivity index (χ2n) is 4.62. The fraction of sp³-hybridized carbons (Fsp3) is 0.267. The van der Waals surface area contributed by atoms with Gasteiger partial charge in [0.05, 0.1) is 0 Å². The number of nitrogens with zero attached hydrogens (tertiary/aromatic N) is 2. The molecule has 5 heteroatoms. The van der Waals surface area contributed by atoms with Crippen LogP contribution in [0.25, 0.3) is 0 Å². The van der Waals surface area contributed by atoms with Gasteiger partial charge >= 0.3 is 0 Å². The molecule has 0 saturated heterocycles. The van der Waals surface area contributed by atoms with Crippen molar-refractivity contribution in [1.29, 1.82) is 0 Å². The van der Waals surface area contributed by atoms with Crippen molar-refractivity contribution in [2.75, 3.05) is 7.05 Å². The SMILES string of the molecule is CCn1cc(Br)cc1C(=O)N(C)Cc1ccccc1O. The van der Waals surface area contributed by atoms with Crippen molar-refractivity contribution in [3.8, 4) is 5.75 Å². The first-order valence-electron chi connectivity index (χ1n) is 6.41. The summed E-state index contributed by atoms with van der Waals surface area (Å²) < 4.78 is 2.78. The van der Waals surface area contributed by atoms with E-state index in [2.05, 4.69) is 15.9 Å². The number of hydrogen-bond donors (Lipinski definition) is 1. The lowest BCUT2D eigenvalue weighted by atomic mass is 10.2. The third-order valence-electron chi connectivity index (χ3n) is 3.17. The first kappa shape index (κ1) is 14.7. The van der Waals surface area contributed by atoms with Crippen molar-refractivity contribution in [2.45, 2.75) is 20.0 Å². The van der Waals surface area contributed by atoms with Gasteiger partial charge in [0.25, 0.3) is 5.91 Å². The third-order valence-corrected chi connectivity index (χ3v) is 3.60. The predicted octanol–water partition coefficient (Wildman–Crippen LogP) is 3.25. The lowest BCUT2D eigenvalue weighted by Gasteiger charge is -2.18. The number of benzene rings is 1. The maximum Gasteiger partial charge on any atom is 0.270 e. The van der Waals surface area contributed by atoms with Crippen molar-refractivity contribution < 1.29 is 9.90 Å². The normalized spacial score (nSPS) is 10.6. The van der Waals surface area contributed by atoms with Crippen molar-refractivity contribution in [2.24, 2.45) is 0 Å². The molecular formula is C15H17BrN2O2. The average molecular weight is 337 g/mol. The Kier molecular flexibility index (Phi) is 4.49. The monoisotopic (exact) mass is 336 g/mol. The first-order chi connectivity index (χ1) is 9.52. The van der Waals surface area contributed by atoms with E-state index in [0.717, 1.165) is 16.6 Å². The molecule has 2 rings (SSSR count). The highest BCUT2D eigenvalue weighted by molar-refractivity contribution is 9.10. The van der Waals surface area contributed by atoms with Gasteiger partial charge in [0.1, 0.15) is 11.4 Å². The van der Waals surface area contributed by atoms with Gasteiger partial charge in [0.2, 0.25) is 0 Å². The van der Waals surface area contributed by atoms with E-state index in [1.807, 2.05) is 35.9 Å². The fourth-order valence-corrected chi connectivity index (χ4v) is 2.55. The quantitative estimate of drug-likeness (QED) is 0.931. The molecule has 0 aliphatic heterocycles. The molecule has 1 amide bonds. The van der Waals surface area contributed by atoms with Crippen LogP contribution in [0.5, 0.6) is 5.75 Å². The summed E-state index contributed by atoms with van der Waals surface area (Å²) in [5, 5.41) is 9.77. The van der Waals surface area contributed by atoms with Crippen LogP contribution in [0.3, 0.4) is 0 Å². The lowest BCUT2D eigenvalue weighted by Crippen LogP contribution is -2.28. The predicted molar refractivity (Wildman–Crippen MR) is 81.7 cm³/mol. The van der Waals surface area contributed by atoms with E-state index in [0.29, 0.717) is 12.2 Å². The molecule has 0 aliphatic rings. The maximum absolute atomic E-state index is 12.5. The number of carbonyl (C=O) groups excluding carboxylic acids is 1. The number of para-hydroxylation sites is 1. The number of rotatable bonds is 4. The van der Waals surface area contributed by atoms with Gasteiger partial charge in [-0.3, -0.25) is 4.79 Å². The molecule has 0 radical (unpaired) electrons. The molecule has 0 aliphatic carbocycles. The van der Waals surface area contributed by atoms with Gasteiger partial charge in [-0.15, -0.1) is 0 Å². The molecule has 0 saturated carbocycles. The summed E-state index contributed by atoms with van der Waals surface area (Å²) in [6, 6.07) is 8.86. The number of hydrogen-bond acceptors (Lipinski definition) is 2. The Morgan fingerprint density at radius 1 is 1.40 bits per heavy atom. The molecule has 20 heavy (non-hydrogen) atoms. The summed E-state index contributed by atoms with van der Waals surface area (Å²) in [6.45, 7) is 3.10. The number of halogens is 1. The van der Waals surface area contributed by atoms with Crippen LogP contribution < -0.4 is 0 Å². The standard InChI is InChI=1S/C15H17BrN2O2/c1-3-18-10-12(16)8-13(18)15(20)17(2)9-11-6-4-5-7-14(11)19/h4-8,10,19H,3,9H2,1-2H3. The minimum atomic E-state index is -0.0687. The van der Waals surface area contributed by atoms with E-state index in [9.17, 15) is 9.90 Å². The molecule has 1 aromatic heterocycles. The maximum atomic E-state index is 12.5. The van der Waals surface area contributed by atoms with Crippen LogP contribution in [0, 0.1) is 0 Å². The van der Waals surface area contributed by atoms with E-state index in [1.165, 1.54) is 0 Å². The number of carbonyl (C=O) groups is 1. The van der Waals surface area contributed by atoms with Gasteiger partial charge in [-0.1, -0.05) is 18.2 Å². The van der Waals surface area contributed by atoms with E-state index >= 15 is 0 Å². The molecule has 1 aromatic carbocycles. The van der Waals surface area contributed by atoms with Crippen LogP contribution >= 0.6 is 15.9 Å². The Balaban J connectivity index is 2.18. The summed E-state index contributed by atoms with van der Waals surface area (Å²) in [5.74, 6) is 0.139. The summed E-state index contributed by atoms with van der Waals surface area (Å²) in [6.07, 6.45) is 1.89. The Hall–Kier alpha value is -1.75. The van der Waals surface area contributed by atoms with E-state index in [-0.39, 0.29) is 11.7 Å². The van der Waals surface area contributed by atoms with Crippen molar-refractivity contribution >= 4 is 21.8 Å².